The highest BCUT2D eigenvalue weighted by Gasteiger charge is 2.31. The van der Waals surface area contributed by atoms with Crippen molar-refractivity contribution in [3.63, 3.8) is 0 Å². The lowest BCUT2D eigenvalue weighted by Crippen LogP contribution is -2.32. The number of ether oxygens (including phenoxy) is 1. The van der Waals surface area contributed by atoms with E-state index in [1.54, 1.807) is 6.20 Å². The monoisotopic (exact) mass is 212 g/mol. The van der Waals surface area contributed by atoms with Crippen molar-refractivity contribution in [1.82, 2.24) is 9.55 Å². The Balaban J connectivity index is 2.51. The van der Waals surface area contributed by atoms with Crippen molar-refractivity contribution in [2.75, 3.05) is 13.2 Å². The lowest BCUT2D eigenvalue weighted by molar-refractivity contribution is 0.160. The minimum Gasteiger partial charge on any atom is -0.379 e. The average Bonchev–Trinajstić information content (AvgIpc) is 2.52. The molecule has 0 bridgehead atoms. The Morgan fingerprint density at radius 3 is 3.07 bits per heavy atom. The van der Waals surface area contributed by atoms with Crippen LogP contribution in [0.25, 0.3) is 0 Å². The molecule has 76 valence electrons. The van der Waals surface area contributed by atoms with Gasteiger partial charge < -0.3 is 9.30 Å². The van der Waals surface area contributed by atoms with Gasteiger partial charge in [-0.25, -0.2) is 0 Å². The first-order valence-electron chi connectivity index (χ1n) is 4.52. The molecule has 1 fully saturated rings. The SMILES string of the molecule is CC1(n2ccc(=O)[nH]c2=S)CCOC1. The van der Waals surface area contributed by atoms with Crippen molar-refractivity contribution < 1.29 is 4.74 Å². The Kier molecular flexibility index (Phi) is 2.28. The molecule has 1 saturated heterocycles. The number of hydrogen-bond donors (Lipinski definition) is 1. The van der Waals surface area contributed by atoms with E-state index in [1.807, 2.05) is 4.57 Å². The van der Waals surface area contributed by atoms with E-state index >= 15 is 0 Å². The standard InChI is InChI=1S/C9H12N2O2S/c1-9(3-5-13-6-9)11-4-2-7(12)10-8(11)14/h2,4H,3,5-6H2,1H3,(H,10,12,14). The van der Waals surface area contributed by atoms with E-state index in [0.29, 0.717) is 11.4 Å². The van der Waals surface area contributed by atoms with Gasteiger partial charge in [-0.1, -0.05) is 0 Å². The predicted octanol–water partition coefficient (Wildman–Crippen LogP) is 1.04. The van der Waals surface area contributed by atoms with Crippen LogP contribution in [0.15, 0.2) is 17.1 Å². The first-order chi connectivity index (χ1) is 6.62. The molecule has 14 heavy (non-hydrogen) atoms. The van der Waals surface area contributed by atoms with Crippen molar-refractivity contribution in [3.8, 4) is 0 Å². The van der Waals surface area contributed by atoms with Gasteiger partial charge >= 0.3 is 0 Å². The zero-order chi connectivity index (χ0) is 10.2. The smallest absolute Gasteiger partial charge is 0.251 e. The molecule has 2 heterocycles. The minimum atomic E-state index is -0.159. The highest BCUT2D eigenvalue weighted by Crippen LogP contribution is 2.25. The Labute approximate surface area is 86.5 Å². The molecule has 4 nitrogen and oxygen atoms in total. The fourth-order valence-electron chi connectivity index (χ4n) is 1.69. The molecule has 1 aromatic rings. The molecule has 1 aromatic heterocycles. The number of hydrogen-bond acceptors (Lipinski definition) is 3. The molecule has 0 radical (unpaired) electrons. The maximum atomic E-state index is 11.0. The largest absolute Gasteiger partial charge is 0.379 e. The summed E-state index contributed by atoms with van der Waals surface area (Å²) in [5.74, 6) is 0. The number of H-pyrrole nitrogens is 1. The van der Waals surface area contributed by atoms with Crippen LogP contribution in [-0.2, 0) is 10.3 Å². The summed E-state index contributed by atoms with van der Waals surface area (Å²) >= 11 is 5.10. The van der Waals surface area contributed by atoms with E-state index in [4.69, 9.17) is 17.0 Å². The average molecular weight is 212 g/mol. The Morgan fingerprint density at radius 2 is 2.50 bits per heavy atom. The van der Waals surface area contributed by atoms with E-state index in [0.717, 1.165) is 13.0 Å². The summed E-state index contributed by atoms with van der Waals surface area (Å²) in [5.41, 5.74) is -0.268. The lowest BCUT2D eigenvalue weighted by Gasteiger charge is -2.25. The molecule has 0 spiro atoms. The number of aromatic amines is 1. The zero-order valence-electron chi connectivity index (χ0n) is 7.95. The Bertz CT molecular complexity index is 443. The maximum Gasteiger partial charge on any atom is 0.251 e. The quantitative estimate of drug-likeness (QED) is 0.708. The van der Waals surface area contributed by atoms with Crippen LogP contribution in [0, 0.1) is 4.77 Å². The van der Waals surface area contributed by atoms with Gasteiger partial charge in [0.15, 0.2) is 4.77 Å². The van der Waals surface area contributed by atoms with Crippen molar-refractivity contribution in [2.45, 2.75) is 18.9 Å². The fraction of sp³-hybridized carbons (Fsp3) is 0.556. The molecule has 0 aromatic carbocycles. The summed E-state index contributed by atoms with van der Waals surface area (Å²) in [4.78, 5) is 13.6. The van der Waals surface area contributed by atoms with Gasteiger partial charge in [0.1, 0.15) is 0 Å². The molecule has 1 atom stereocenters. The molecule has 1 N–H and O–H groups in total. The third-order valence-electron chi connectivity index (χ3n) is 2.60. The van der Waals surface area contributed by atoms with Gasteiger partial charge in [0.25, 0.3) is 5.56 Å². The van der Waals surface area contributed by atoms with E-state index in [2.05, 4.69) is 11.9 Å². The van der Waals surface area contributed by atoms with Crippen LogP contribution in [0.2, 0.25) is 0 Å². The van der Waals surface area contributed by atoms with Crippen LogP contribution in [-0.4, -0.2) is 22.8 Å². The van der Waals surface area contributed by atoms with Crippen LogP contribution in [0.4, 0.5) is 0 Å². The molecule has 1 unspecified atom stereocenters. The molecule has 2 rings (SSSR count). The van der Waals surface area contributed by atoms with E-state index < -0.39 is 0 Å². The molecular weight excluding hydrogens is 200 g/mol. The molecule has 1 aliphatic rings. The second kappa shape index (κ2) is 3.33. The third-order valence-corrected chi connectivity index (χ3v) is 2.90. The van der Waals surface area contributed by atoms with Crippen molar-refractivity contribution in [1.29, 1.82) is 0 Å². The van der Waals surface area contributed by atoms with E-state index in [1.165, 1.54) is 6.07 Å². The fourth-order valence-corrected chi connectivity index (χ4v) is 2.07. The van der Waals surface area contributed by atoms with Gasteiger partial charge in [-0.3, -0.25) is 9.78 Å². The number of nitrogens with one attached hydrogen (secondary N) is 1. The molecule has 1 aliphatic heterocycles. The summed E-state index contributed by atoms with van der Waals surface area (Å²) in [6, 6.07) is 1.49. The summed E-state index contributed by atoms with van der Waals surface area (Å²) in [7, 11) is 0. The Hall–Kier alpha value is -0.940. The van der Waals surface area contributed by atoms with Crippen LogP contribution in [0.3, 0.4) is 0 Å². The summed E-state index contributed by atoms with van der Waals surface area (Å²) in [6.07, 6.45) is 2.66. The predicted molar refractivity (Wildman–Crippen MR) is 55.0 cm³/mol. The number of aromatic nitrogens is 2. The summed E-state index contributed by atoms with van der Waals surface area (Å²) in [6.45, 7) is 3.47. The van der Waals surface area contributed by atoms with E-state index in [-0.39, 0.29) is 11.1 Å². The highest BCUT2D eigenvalue weighted by atomic mass is 32.1. The Morgan fingerprint density at radius 1 is 1.71 bits per heavy atom. The molecule has 5 heteroatoms. The first-order valence-corrected chi connectivity index (χ1v) is 4.93. The summed E-state index contributed by atoms with van der Waals surface area (Å²) in [5, 5.41) is 0. The molecule has 0 saturated carbocycles. The number of nitrogens with zero attached hydrogens (tertiary/aromatic N) is 1. The lowest BCUT2D eigenvalue weighted by atomic mass is 10.0. The van der Waals surface area contributed by atoms with Crippen molar-refractivity contribution in [3.05, 3.63) is 27.4 Å². The first kappa shape index (κ1) is 9.61. The van der Waals surface area contributed by atoms with Gasteiger partial charge in [-0.2, -0.15) is 0 Å². The molecular formula is C9H12N2O2S. The maximum absolute atomic E-state index is 11.0. The second-order valence-corrected chi connectivity index (χ2v) is 4.17. The van der Waals surface area contributed by atoms with E-state index in [9.17, 15) is 4.79 Å². The van der Waals surface area contributed by atoms with Crippen LogP contribution in [0.1, 0.15) is 13.3 Å². The van der Waals surface area contributed by atoms with Gasteiger partial charge in [-0.15, -0.1) is 0 Å². The van der Waals surface area contributed by atoms with Gasteiger partial charge in [0.05, 0.1) is 12.1 Å². The zero-order valence-corrected chi connectivity index (χ0v) is 8.76. The van der Waals surface area contributed by atoms with Crippen LogP contribution in [0.5, 0.6) is 0 Å². The van der Waals surface area contributed by atoms with Crippen molar-refractivity contribution >= 4 is 12.2 Å². The van der Waals surface area contributed by atoms with Crippen LogP contribution >= 0.6 is 12.2 Å². The second-order valence-electron chi connectivity index (χ2n) is 3.78. The topological polar surface area (TPSA) is 47.0 Å². The van der Waals surface area contributed by atoms with Gasteiger partial charge in [0, 0.05) is 18.9 Å². The van der Waals surface area contributed by atoms with Crippen molar-refractivity contribution in [2.24, 2.45) is 0 Å². The minimum absolute atomic E-state index is 0.110. The normalized spacial score (nSPS) is 26.6. The van der Waals surface area contributed by atoms with Gasteiger partial charge in [0.2, 0.25) is 0 Å². The molecule has 0 aliphatic carbocycles. The highest BCUT2D eigenvalue weighted by molar-refractivity contribution is 7.71. The molecule has 0 amide bonds. The van der Waals surface area contributed by atoms with Crippen LogP contribution < -0.4 is 5.56 Å². The summed E-state index contributed by atoms with van der Waals surface area (Å²) < 4.78 is 7.70. The third kappa shape index (κ3) is 1.53. The number of rotatable bonds is 1. The van der Waals surface area contributed by atoms with Gasteiger partial charge in [-0.05, 0) is 25.6 Å².